The highest BCUT2D eigenvalue weighted by atomic mass is 16.2. The molecule has 1 atom stereocenters. The number of anilines is 1. The lowest BCUT2D eigenvalue weighted by molar-refractivity contribution is -0.123. The molecule has 3 N–H and O–H groups in total. The van der Waals surface area contributed by atoms with Gasteiger partial charge in [-0.05, 0) is 49.3 Å². The third-order valence-electron chi connectivity index (χ3n) is 5.81. The van der Waals surface area contributed by atoms with E-state index in [2.05, 4.69) is 34.5 Å². The molecule has 0 spiro atoms. The van der Waals surface area contributed by atoms with Crippen molar-refractivity contribution in [1.82, 2.24) is 5.32 Å². The van der Waals surface area contributed by atoms with Crippen LogP contribution >= 0.6 is 0 Å². The third kappa shape index (κ3) is 5.23. The Labute approximate surface area is 156 Å². The smallest absolute Gasteiger partial charge is 0.222 e. The van der Waals surface area contributed by atoms with E-state index in [-0.39, 0.29) is 17.7 Å². The van der Waals surface area contributed by atoms with Crippen molar-refractivity contribution < 1.29 is 9.59 Å². The minimum Gasteiger partial charge on any atom is -0.371 e. The maximum Gasteiger partial charge on any atom is 0.222 e. The van der Waals surface area contributed by atoms with Gasteiger partial charge in [-0.2, -0.15) is 0 Å². The molecule has 1 saturated carbocycles. The van der Waals surface area contributed by atoms with Crippen LogP contribution in [0.5, 0.6) is 0 Å². The van der Waals surface area contributed by atoms with Crippen LogP contribution in [0.25, 0.3) is 0 Å². The maximum atomic E-state index is 12.1. The Morgan fingerprint density at radius 3 is 2.46 bits per heavy atom. The highest BCUT2D eigenvalue weighted by Gasteiger charge is 2.24. The molecule has 5 nitrogen and oxygen atoms in total. The van der Waals surface area contributed by atoms with Gasteiger partial charge in [0.25, 0.3) is 0 Å². The average Bonchev–Trinajstić information content (AvgIpc) is 2.68. The summed E-state index contributed by atoms with van der Waals surface area (Å²) in [4.78, 5) is 25.8. The minimum atomic E-state index is -0.202. The second kappa shape index (κ2) is 9.06. The fraction of sp³-hybridized carbons (Fsp3) is 0.619. The van der Waals surface area contributed by atoms with Gasteiger partial charge in [-0.3, -0.25) is 9.59 Å². The molecule has 1 aromatic carbocycles. The Morgan fingerprint density at radius 2 is 1.77 bits per heavy atom. The second-order valence-corrected chi connectivity index (χ2v) is 7.84. The zero-order valence-corrected chi connectivity index (χ0v) is 15.6. The number of nitrogens with one attached hydrogen (secondary N) is 1. The molecule has 3 rings (SSSR count). The first-order valence-electron chi connectivity index (χ1n) is 10.0. The van der Waals surface area contributed by atoms with E-state index in [9.17, 15) is 9.59 Å². The van der Waals surface area contributed by atoms with Gasteiger partial charge in [0.1, 0.15) is 0 Å². The van der Waals surface area contributed by atoms with Crippen molar-refractivity contribution in [3.63, 3.8) is 0 Å². The van der Waals surface area contributed by atoms with E-state index in [1.165, 1.54) is 32.1 Å². The Morgan fingerprint density at radius 1 is 1.04 bits per heavy atom. The molecule has 1 aliphatic carbocycles. The van der Waals surface area contributed by atoms with Crippen molar-refractivity contribution in [2.45, 2.75) is 57.9 Å². The lowest BCUT2D eigenvalue weighted by Gasteiger charge is -2.33. The molecule has 0 unspecified atom stereocenters. The third-order valence-corrected chi connectivity index (χ3v) is 5.81. The van der Waals surface area contributed by atoms with Crippen LogP contribution in [-0.4, -0.2) is 24.9 Å². The Hall–Kier alpha value is -2.04. The van der Waals surface area contributed by atoms with Gasteiger partial charge < -0.3 is 16.0 Å². The van der Waals surface area contributed by atoms with E-state index in [1.54, 1.807) is 0 Å². The van der Waals surface area contributed by atoms with Gasteiger partial charge in [0, 0.05) is 31.7 Å². The van der Waals surface area contributed by atoms with E-state index in [0.29, 0.717) is 25.4 Å². The Bertz CT molecular complexity index is 608. The van der Waals surface area contributed by atoms with Gasteiger partial charge in [-0.1, -0.05) is 31.4 Å². The average molecular weight is 357 g/mol. The number of benzene rings is 1. The van der Waals surface area contributed by atoms with Gasteiger partial charge >= 0.3 is 0 Å². The zero-order chi connectivity index (χ0) is 18.4. The molecule has 1 heterocycles. The van der Waals surface area contributed by atoms with Crippen LogP contribution in [0.4, 0.5) is 5.69 Å². The van der Waals surface area contributed by atoms with Crippen molar-refractivity contribution in [2.24, 2.45) is 17.6 Å². The molecule has 0 bridgehead atoms. The molecular weight excluding hydrogens is 326 g/mol. The second-order valence-electron chi connectivity index (χ2n) is 7.84. The standard InChI is InChI=1S/C21H31N3O2/c22-21(26)18-7-4-12-24(15-18)19-10-8-17(9-11-19)14-23-20(25)13-16-5-2-1-3-6-16/h8-11,16,18H,1-7,12-15H2,(H2,22,26)(H,23,25)/t18-/m0/s1. The van der Waals surface area contributed by atoms with Gasteiger partial charge in [0.2, 0.25) is 11.8 Å². The lowest BCUT2D eigenvalue weighted by atomic mass is 9.87. The summed E-state index contributed by atoms with van der Waals surface area (Å²) in [5.41, 5.74) is 7.69. The normalized spacial score (nSPS) is 21.4. The Balaban J connectivity index is 1.46. The molecule has 0 radical (unpaired) electrons. The van der Waals surface area contributed by atoms with Gasteiger partial charge in [-0.15, -0.1) is 0 Å². The topological polar surface area (TPSA) is 75.4 Å². The molecule has 142 valence electrons. The summed E-state index contributed by atoms with van der Waals surface area (Å²) in [6, 6.07) is 8.27. The van der Waals surface area contributed by atoms with Crippen LogP contribution in [0, 0.1) is 11.8 Å². The van der Waals surface area contributed by atoms with E-state index >= 15 is 0 Å². The monoisotopic (exact) mass is 357 g/mol. The lowest BCUT2D eigenvalue weighted by Crippen LogP contribution is -2.41. The first-order chi connectivity index (χ1) is 12.6. The predicted molar refractivity (Wildman–Crippen MR) is 104 cm³/mol. The molecule has 2 fully saturated rings. The van der Waals surface area contributed by atoms with Crippen molar-refractivity contribution in [2.75, 3.05) is 18.0 Å². The number of carbonyl (C=O) groups excluding carboxylic acids is 2. The van der Waals surface area contributed by atoms with Gasteiger partial charge in [0.15, 0.2) is 0 Å². The molecule has 5 heteroatoms. The summed E-state index contributed by atoms with van der Waals surface area (Å²) in [6.07, 6.45) is 8.80. The SMILES string of the molecule is NC(=O)[C@H]1CCCN(c2ccc(CNC(=O)CC3CCCCC3)cc2)C1. The fourth-order valence-corrected chi connectivity index (χ4v) is 4.19. The Kier molecular flexibility index (Phi) is 6.53. The summed E-state index contributed by atoms with van der Waals surface area (Å²) < 4.78 is 0. The van der Waals surface area contributed by atoms with Crippen LogP contribution < -0.4 is 16.0 Å². The highest BCUT2D eigenvalue weighted by molar-refractivity contribution is 5.77. The summed E-state index contributed by atoms with van der Waals surface area (Å²) in [5.74, 6) is 0.485. The van der Waals surface area contributed by atoms with E-state index in [4.69, 9.17) is 5.73 Å². The minimum absolute atomic E-state index is 0.0532. The highest BCUT2D eigenvalue weighted by Crippen LogP contribution is 2.26. The first-order valence-corrected chi connectivity index (χ1v) is 10.0. The molecule has 2 aliphatic rings. The number of carbonyl (C=O) groups is 2. The molecular formula is C21H31N3O2. The van der Waals surface area contributed by atoms with Crippen molar-refractivity contribution in [3.8, 4) is 0 Å². The van der Waals surface area contributed by atoms with Crippen LogP contribution in [0.15, 0.2) is 24.3 Å². The van der Waals surface area contributed by atoms with E-state index < -0.39 is 0 Å². The van der Waals surface area contributed by atoms with Crippen molar-refractivity contribution in [1.29, 1.82) is 0 Å². The van der Waals surface area contributed by atoms with E-state index in [1.807, 2.05) is 0 Å². The molecule has 1 aliphatic heterocycles. The van der Waals surface area contributed by atoms with Crippen LogP contribution in [0.1, 0.15) is 56.9 Å². The quantitative estimate of drug-likeness (QED) is 0.822. The number of nitrogens with two attached hydrogens (primary N) is 1. The number of hydrogen-bond donors (Lipinski definition) is 2. The summed E-state index contributed by atoms with van der Waals surface area (Å²) in [6.45, 7) is 2.24. The van der Waals surface area contributed by atoms with Crippen LogP contribution in [0.3, 0.4) is 0 Å². The molecule has 1 saturated heterocycles. The number of amides is 2. The fourth-order valence-electron chi connectivity index (χ4n) is 4.19. The predicted octanol–water partition coefficient (Wildman–Crippen LogP) is 2.97. The largest absolute Gasteiger partial charge is 0.371 e. The zero-order valence-electron chi connectivity index (χ0n) is 15.6. The number of hydrogen-bond acceptors (Lipinski definition) is 3. The summed E-state index contributed by atoms with van der Waals surface area (Å²) in [7, 11) is 0. The van der Waals surface area contributed by atoms with Crippen LogP contribution in [0.2, 0.25) is 0 Å². The van der Waals surface area contributed by atoms with E-state index in [0.717, 1.165) is 30.6 Å². The number of rotatable bonds is 6. The summed E-state index contributed by atoms with van der Waals surface area (Å²) >= 11 is 0. The van der Waals surface area contributed by atoms with Crippen molar-refractivity contribution in [3.05, 3.63) is 29.8 Å². The number of primary amides is 1. The number of nitrogens with zero attached hydrogens (tertiary/aromatic N) is 1. The van der Waals surface area contributed by atoms with Crippen LogP contribution in [-0.2, 0) is 16.1 Å². The molecule has 2 amide bonds. The summed E-state index contributed by atoms with van der Waals surface area (Å²) in [5, 5.41) is 3.05. The van der Waals surface area contributed by atoms with Crippen molar-refractivity contribution >= 4 is 17.5 Å². The number of piperidine rings is 1. The van der Waals surface area contributed by atoms with Gasteiger partial charge in [-0.25, -0.2) is 0 Å². The molecule has 1 aromatic rings. The maximum absolute atomic E-state index is 12.1. The molecule has 0 aromatic heterocycles. The van der Waals surface area contributed by atoms with Gasteiger partial charge in [0.05, 0.1) is 5.92 Å². The molecule has 26 heavy (non-hydrogen) atoms. The first kappa shape index (κ1) is 18.7.